The third kappa shape index (κ3) is 2.72. The van der Waals surface area contributed by atoms with Crippen molar-refractivity contribution < 1.29 is 4.79 Å². The average molecular weight is 269 g/mol. The number of hydrogen-bond donors (Lipinski definition) is 2. The largest absolute Gasteiger partial charge is 0.398 e. The molecule has 1 saturated carbocycles. The van der Waals surface area contributed by atoms with Crippen LogP contribution in [0.2, 0.25) is 0 Å². The molecular weight excluding hydrogens is 256 g/mol. The summed E-state index contributed by atoms with van der Waals surface area (Å²) in [6.45, 7) is 0.787. The van der Waals surface area contributed by atoms with Gasteiger partial charge in [0, 0.05) is 22.3 Å². The lowest BCUT2D eigenvalue weighted by Gasteiger charge is -2.05. The van der Waals surface area contributed by atoms with Gasteiger partial charge in [0.25, 0.3) is 5.91 Å². The summed E-state index contributed by atoms with van der Waals surface area (Å²) in [6.07, 6.45) is 2.48. The highest BCUT2D eigenvalue weighted by Gasteiger charge is 2.21. The van der Waals surface area contributed by atoms with Crippen molar-refractivity contribution in [2.45, 2.75) is 12.8 Å². The first-order chi connectivity index (χ1) is 7.16. The van der Waals surface area contributed by atoms with E-state index in [-0.39, 0.29) is 5.91 Å². The van der Waals surface area contributed by atoms with Gasteiger partial charge in [-0.1, -0.05) is 0 Å². The topological polar surface area (TPSA) is 55.1 Å². The molecule has 0 unspecified atom stereocenters. The quantitative estimate of drug-likeness (QED) is 0.826. The smallest absolute Gasteiger partial charge is 0.251 e. The Morgan fingerprint density at radius 2 is 2.27 bits per heavy atom. The summed E-state index contributed by atoms with van der Waals surface area (Å²) in [4.78, 5) is 11.7. The second-order valence-electron chi connectivity index (χ2n) is 3.89. The van der Waals surface area contributed by atoms with Crippen LogP contribution in [-0.4, -0.2) is 12.5 Å². The van der Waals surface area contributed by atoms with Crippen molar-refractivity contribution in [3.63, 3.8) is 0 Å². The SMILES string of the molecule is Nc1cc(C(=O)NCC2CC2)ccc1Br. The van der Waals surface area contributed by atoms with E-state index in [0.717, 1.165) is 11.0 Å². The van der Waals surface area contributed by atoms with Gasteiger partial charge >= 0.3 is 0 Å². The lowest BCUT2D eigenvalue weighted by Crippen LogP contribution is -2.25. The van der Waals surface area contributed by atoms with E-state index in [2.05, 4.69) is 21.2 Å². The maximum atomic E-state index is 11.7. The highest BCUT2D eigenvalue weighted by molar-refractivity contribution is 9.10. The highest BCUT2D eigenvalue weighted by Crippen LogP contribution is 2.27. The summed E-state index contributed by atoms with van der Waals surface area (Å²) in [5.41, 5.74) is 6.91. The molecule has 0 saturated heterocycles. The maximum Gasteiger partial charge on any atom is 0.251 e. The molecule has 3 N–H and O–H groups in total. The first-order valence-corrected chi connectivity index (χ1v) is 5.79. The molecule has 1 aromatic rings. The van der Waals surface area contributed by atoms with Gasteiger partial charge in [-0.25, -0.2) is 0 Å². The molecule has 0 atom stereocenters. The number of halogens is 1. The molecule has 80 valence electrons. The monoisotopic (exact) mass is 268 g/mol. The summed E-state index contributed by atoms with van der Waals surface area (Å²) in [6, 6.07) is 5.25. The Labute approximate surface area is 97.2 Å². The highest BCUT2D eigenvalue weighted by atomic mass is 79.9. The number of benzene rings is 1. The Kier molecular flexibility index (Phi) is 2.95. The van der Waals surface area contributed by atoms with Gasteiger partial charge in [-0.15, -0.1) is 0 Å². The summed E-state index contributed by atoms with van der Waals surface area (Å²) in [5, 5.41) is 2.90. The predicted octanol–water partition coefficient (Wildman–Crippen LogP) is 2.17. The molecule has 0 aromatic heterocycles. The zero-order valence-electron chi connectivity index (χ0n) is 8.29. The molecule has 4 heteroatoms. The molecule has 0 spiro atoms. The standard InChI is InChI=1S/C11H13BrN2O/c12-9-4-3-8(5-10(9)13)11(15)14-6-7-1-2-7/h3-5,7H,1-2,6,13H2,(H,14,15). The van der Waals surface area contributed by atoms with Crippen molar-refractivity contribution in [1.82, 2.24) is 5.32 Å². The Balaban J connectivity index is 2.00. The summed E-state index contributed by atoms with van der Waals surface area (Å²) < 4.78 is 0.821. The predicted molar refractivity (Wildman–Crippen MR) is 63.6 cm³/mol. The van der Waals surface area contributed by atoms with Crippen LogP contribution in [0.15, 0.2) is 22.7 Å². The fourth-order valence-corrected chi connectivity index (χ4v) is 1.59. The molecule has 0 aliphatic heterocycles. The van der Waals surface area contributed by atoms with Crippen LogP contribution in [0.3, 0.4) is 0 Å². The summed E-state index contributed by atoms with van der Waals surface area (Å²) in [7, 11) is 0. The Morgan fingerprint density at radius 1 is 1.53 bits per heavy atom. The Morgan fingerprint density at radius 3 is 2.87 bits per heavy atom. The van der Waals surface area contributed by atoms with Crippen molar-refractivity contribution in [1.29, 1.82) is 0 Å². The van der Waals surface area contributed by atoms with Crippen LogP contribution in [0.5, 0.6) is 0 Å². The number of anilines is 1. The molecule has 15 heavy (non-hydrogen) atoms. The zero-order valence-corrected chi connectivity index (χ0v) is 9.88. The number of nitrogens with one attached hydrogen (secondary N) is 1. The van der Waals surface area contributed by atoms with Gasteiger partial charge in [0.2, 0.25) is 0 Å². The second-order valence-corrected chi connectivity index (χ2v) is 4.74. The maximum absolute atomic E-state index is 11.7. The van der Waals surface area contributed by atoms with Crippen LogP contribution in [-0.2, 0) is 0 Å². The van der Waals surface area contributed by atoms with E-state index < -0.39 is 0 Å². The van der Waals surface area contributed by atoms with Crippen molar-refractivity contribution in [2.24, 2.45) is 5.92 Å². The minimum Gasteiger partial charge on any atom is -0.398 e. The molecule has 1 amide bonds. The molecule has 3 nitrogen and oxygen atoms in total. The van der Waals surface area contributed by atoms with Gasteiger partial charge in [0.15, 0.2) is 0 Å². The van der Waals surface area contributed by atoms with Gasteiger partial charge in [0.05, 0.1) is 0 Å². The first-order valence-electron chi connectivity index (χ1n) is 5.00. The van der Waals surface area contributed by atoms with Gasteiger partial charge in [0.1, 0.15) is 0 Å². The van der Waals surface area contributed by atoms with Gasteiger partial charge in [-0.3, -0.25) is 4.79 Å². The molecule has 2 rings (SSSR count). The van der Waals surface area contributed by atoms with E-state index >= 15 is 0 Å². The Bertz CT molecular complexity index is 388. The van der Waals surface area contributed by atoms with Crippen molar-refractivity contribution in [3.05, 3.63) is 28.2 Å². The Hall–Kier alpha value is -1.03. The van der Waals surface area contributed by atoms with Crippen molar-refractivity contribution in [2.75, 3.05) is 12.3 Å². The summed E-state index contributed by atoms with van der Waals surface area (Å²) in [5.74, 6) is 0.655. The molecule has 0 bridgehead atoms. The summed E-state index contributed by atoms with van der Waals surface area (Å²) >= 11 is 3.29. The second kappa shape index (κ2) is 4.23. The number of rotatable bonds is 3. The number of carbonyl (C=O) groups is 1. The molecule has 1 aromatic carbocycles. The van der Waals surface area contributed by atoms with Crippen LogP contribution in [0.4, 0.5) is 5.69 Å². The fraction of sp³-hybridized carbons (Fsp3) is 0.364. The number of carbonyl (C=O) groups excluding carboxylic acids is 1. The lowest BCUT2D eigenvalue weighted by atomic mass is 10.2. The van der Waals surface area contributed by atoms with Crippen LogP contribution < -0.4 is 11.1 Å². The first kappa shape index (κ1) is 10.5. The van der Waals surface area contributed by atoms with Gasteiger partial charge in [-0.05, 0) is 52.9 Å². The van der Waals surface area contributed by atoms with E-state index in [1.54, 1.807) is 18.2 Å². The number of hydrogen-bond acceptors (Lipinski definition) is 2. The molecule has 0 radical (unpaired) electrons. The number of nitrogens with two attached hydrogens (primary N) is 1. The van der Waals surface area contributed by atoms with Gasteiger partial charge < -0.3 is 11.1 Å². The minimum absolute atomic E-state index is 0.0406. The molecule has 1 aliphatic rings. The normalized spacial score (nSPS) is 15.0. The van der Waals surface area contributed by atoms with Crippen molar-refractivity contribution >= 4 is 27.5 Å². The van der Waals surface area contributed by atoms with E-state index in [1.807, 2.05) is 0 Å². The molecule has 1 fully saturated rings. The van der Waals surface area contributed by atoms with E-state index in [0.29, 0.717) is 17.2 Å². The van der Waals surface area contributed by atoms with Crippen molar-refractivity contribution in [3.8, 4) is 0 Å². The fourth-order valence-electron chi connectivity index (χ4n) is 1.35. The molecule has 0 heterocycles. The average Bonchev–Trinajstić information content (AvgIpc) is 3.02. The molecule has 1 aliphatic carbocycles. The lowest BCUT2D eigenvalue weighted by molar-refractivity contribution is 0.0952. The molecular formula is C11H13BrN2O. The zero-order chi connectivity index (χ0) is 10.8. The minimum atomic E-state index is -0.0406. The number of amides is 1. The van der Waals surface area contributed by atoms with E-state index in [9.17, 15) is 4.79 Å². The third-order valence-corrected chi connectivity index (χ3v) is 3.23. The van der Waals surface area contributed by atoms with Crippen LogP contribution >= 0.6 is 15.9 Å². The van der Waals surface area contributed by atoms with E-state index in [4.69, 9.17) is 5.73 Å². The van der Waals surface area contributed by atoms with E-state index in [1.165, 1.54) is 12.8 Å². The van der Waals surface area contributed by atoms with Crippen LogP contribution in [0.25, 0.3) is 0 Å². The van der Waals surface area contributed by atoms with Crippen LogP contribution in [0, 0.1) is 5.92 Å². The number of nitrogen functional groups attached to an aromatic ring is 1. The van der Waals surface area contributed by atoms with Gasteiger partial charge in [-0.2, -0.15) is 0 Å². The van der Waals surface area contributed by atoms with Crippen LogP contribution in [0.1, 0.15) is 23.2 Å². The third-order valence-electron chi connectivity index (χ3n) is 2.51.